The molecule has 0 radical (unpaired) electrons. The van der Waals surface area contributed by atoms with E-state index in [1.165, 1.54) is 25.7 Å². The average molecular weight is 353 g/mol. The zero-order valence-corrected chi connectivity index (χ0v) is 16.1. The van der Waals surface area contributed by atoms with Gasteiger partial charge in [0, 0.05) is 5.38 Å². The third-order valence-corrected chi connectivity index (χ3v) is 9.28. The number of rotatable bonds is 0. The van der Waals surface area contributed by atoms with Crippen molar-refractivity contribution in [3.05, 3.63) is 11.6 Å². The highest BCUT2D eigenvalue weighted by atomic mass is 35.5. The summed E-state index contributed by atoms with van der Waals surface area (Å²) < 4.78 is 0. The van der Waals surface area contributed by atoms with Gasteiger partial charge in [0.05, 0.1) is 12.2 Å². The highest BCUT2D eigenvalue weighted by molar-refractivity contribution is 6.20. The van der Waals surface area contributed by atoms with E-state index in [4.69, 9.17) is 11.6 Å². The Morgan fingerprint density at radius 2 is 1.75 bits per heavy atom. The van der Waals surface area contributed by atoms with Crippen LogP contribution in [0.2, 0.25) is 0 Å². The van der Waals surface area contributed by atoms with Gasteiger partial charge in [-0.1, -0.05) is 25.5 Å². The van der Waals surface area contributed by atoms with Crippen LogP contribution in [-0.2, 0) is 0 Å². The van der Waals surface area contributed by atoms with Crippen molar-refractivity contribution in [3.8, 4) is 0 Å². The second-order valence-electron chi connectivity index (χ2n) is 9.56. The summed E-state index contributed by atoms with van der Waals surface area (Å²) >= 11 is 6.44. The summed E-state index contributed by atoms with van der Waals surface area (Å²) in [6.07, 6.45) is 8.96. The van der Waals surface area contributed by atoms with Crippen LogP contribution in [0.4, 0.5) is 0 Å². The van der Waals surface area contributed by atoms with Crippen LogP contribution in [0.1, 0.15) is 65.7 Å². The Labute approximate surface area is 151 Å². The van der Waals surface area contributed by atoms with Crippen molar-refractivity contribution in [1.82, 2.24) is 0 Å². The molecule has 5 unspecified atom stereocenters. The minimum absolute atomic E-state index is 0.148. The molecular weight excluding hydrogens is 320 g/mol. The lowest BCUT2D eigenvalue weighted by atomic mass is 9.44. The summed E-state index contributed by atoms with van der Waals surface area (Å²) in [6, 6.07) is 0. The fourth-order valence-corrected chi connectivity index (χ4v) is 7.84. The predicted octanol–water partition coefficient (Wildman–Crippen LogP) is 4.52. The van der Waals surface area contributed by atoms with Crippen LogP contribution < -0.4 is 0 Å². The Kier molecular flexibility index (Phi) is 4.14. The molecule has 0 amide bonds. The molecular formula is C21H33ClO2. The van der Waals surface area contributed by atoms with E-state index in [1.807, 2.05) is 0 Å². The van der Waals surface area contributed by atoms with Crippen LogP contribution in [0.3, 0.4) is 0 Å². The molecule has 0 aromatic heterocycles. The lowest BCUT2D eigenvalue weighted by molar-refractivity contribution is -0.208. The van der Waals surface area contributed by atoms with Gasteiger partial charge < -0.3 is 10.2 Å². The van der Waals surface area contributed by atoms with Gasteiger partial charge in [-0.05, 0) is 86.4 Å². The SMILES string of the molecule is C/C=C1/CCC2C3C(O)[C@H](O)C4C[C@H](Cl)CC[C@]4(C)C3CC[C@]12C. The number of fused-ring (bicyclic) bond motifs is 5. The Bertz CT molecular complexity index is 546. The van der Waals surface area contributed by atoms with Crippen molar-refractivity contribution in [2.45, 2.75) is 83.3 Å². The molecule has 9 atom stereocenters. The van der Waals surface area contributed by atoms with Gasteiger partial charge in [0.1, 0.15) is 0 Å². The second-order valence-corrected chi connectivity index (χ2v) is 10.2. The summed E-state index contributed by atoms with van der Waals surface area (Å²) in [5, 5.41) is 22.3. The van der Waals surface area contributed by atoms with Gasteiger partial charge in [0.25, 0.3) is 0 Å². The van der Waals surface area contributed by atoms with Crippen LogP contribution in [0.5, 0.6) is 0 Å². The number of allylic oxidation sites excluding steroid dienone is 2. The molecule has 136 valence electrons. The second kappa shape index (κ2) is 5.72. The lowest BCUT2D eigenvalue weighted by Crippen LogP contribution is -2.63. The fraction of sp³-hybridized carbons (Fsp3) is 0.905. The first-order chi connectivity index (χ1) is 11.3. The van der Waals surface area contributed by atoms with Gasteiger partial charge in [-0.25, -0.2) is 0 Å². The monoisotopic (exact) mass is 352 g/mol. The summed E-state index contributed by atoms with van der Waals surface area (Å²) in [4.78, 5) is 0. The molecule has 4 rings (SSSR count). The van der Waals surface area contributed by atoms with Crippen molar-refractivity contribution >= 4 is 11.6 Å². The van der Waals surface area contributed by atoms with Crippen LogP contribution in [-0.4, -0.2) is 27.8 Å². The van der Waals surface area contributed by atoms with Gasteiger partial charge in [-0.2, -0.15) is 0 Å². The normalized spacial score (nSPS) is 58.9. The van der Waals surface area contributed by atoms with Crippen molar-refractivity contribution in [3.63, 3.8) is 0 Å². The molecule has 4 aliphatic rings. The van der Waals surface area contributed by atoms with E-state index in [0.29, 0.717) is 11.8 Å². The van der Waals surface area contributed by atoms with E-state index < -0.39 is 12.2 Å². The molecule has 4 fully saturated rings. The van der Waals surface area contributed by atoms with Crippen LogP contribution in [0.25, 0.3) is 0 Å². The van der Waals surface area contributed by atoms with Crippen LogP contribution in [0.15, 0.2) is 11.6 Å². The molecule has 4 aliphatic carbocycles. The molecule has 24 heavy (non-hydrogen) atoms. The molecule has 2 N–H and O–H groups in total. The number of aliphatic hydroxyl groups excluding tert-OH is 2. The third-order valence-electron chi connectivity index (χ3n) is 8.89. The summed E-state index contributed by atoms with van der Waals surface area (Å²) in [5.41, 5.74) is 1.97. The number of alkyl halides is 1. The van der Waals surface area contributed by atoms with E-state index in [0.717, 1.165) is 19.3 Å². The fourth-order valence-electron chi connectivity index (χ4n) is 7.54. The third kappa shape index (κ3) is 2.15. The molecule has 0 spiro atoms. The summed E-state index contributed by atoms with van der Waals surface area (Å²) in [7, 11) is 0. The van der Waals surface area contributed by atoms with Crippen molar-refractivity contribution in [2.24, 2.45) is 34.5 Å². The van der Waals surface area contributed by atoms with Gasteiger partial charge in [0.2, 0.25) is 0 Å². The Balaban J connectivity index is 1.73. The first-order valence-corrected chi connectivity index (χ1v) is 10.4. The number of hydrogen-bond donors (Lipinski definition) is 2. The molecule has 2 nitrogen and oxygen atoms in total. The van der Waals surface area contributed by atoms with Crippen molar-refractivity contribution < 1.29 is 10.2 Å². The van der Waals surface area contributed by atoms with E-state index in [1.54, 1.807) is 5.57 Å². The van der Waals surface area contributed by atoms with E-state index in [-0.39, 0.29) is 28.0 Å². The van der Waals surface area contributed by atoms with Gasteiger partial charge in [-0.15, -0.1) is 11.6 Å². The Morgan fingerprint density at radius 1 is 1.00 bits per heavy atom. The highest BCUT2D eigenvalue weighted by Crippen LogP contribution is 2.67. The maximum absolute atomic E-state index is 11.1. The first kappa shape index (κ1) is 17.4. The first-order valence-electron chi connectivity index (χ1n) is 9.99. The van der Waals surface area contributed by atoms with Crippen molar-refractivity contribution in [2.75, 3.05) is 0 Å². The predicted molar refractivity (Wildman–Crippen MR) is 97.9 cm³/mol. The summed E-state index contributed by atoms with van der Waals surface area (Å²) in [5.74, 6) is 1.49. The van der Waals surface area contributed by atoms with Gasteiger partial charge >= 0.3 is 0 Å². The van der Waals surface area contributed by atoms with Crippen molar-refractivity contribution in [1.29, 1.82) is 0 Å². The van der Waals surface area contributed by atoms with Crippen LogP contribution in [0, 0.1) is 34.5 Å². The standard InChI is InChI=1S/C21H33ClO2/c1-4-12-5-6-14-17-15(8-10-20(12,14)2)21(3)9-7-13(22)11-16(21)18(23)19(17)24/h4,13-19,23-24H,5-11H2,1-3H3/b12-4-/t13-,14?,15?,16?,17?,18-,19?,20-,21-/m1/s1. The zero-order chi connectivity index (χ0) is 17.3. The largest absolute Gasteiger partial charge is 0.390 e. The smallest absolute Gasteiger partial charge is 0.0835 e. The highest BCUT2D eigenvalue weighted by Gasteiger charge is 2.63. The average Bonchev–Trinajstić information content (AvgIpc) is 2.90. The molecule has 0 heterocycles. The van der Waals surface area contributed by atoms with E-state index >= 15 is 0 Å². The number of halogens is 1. The quantitative estimate of drug-likeness (QED) is 0.497. The molecule has 0 bridgehead atoms. The molecule has 0 aliphatic heterocycles. The summed E-state index contributed by atoms with van der Waals surface area (Å²) in [6.45, 7) is 6.97. The lowest BCUT2D eigenvalue weighted by Gasteiger charge is -2.63. The Morgan fingerprint density at radius 3 is 2.46 bits per heavy atom. The molecule has 0 aromatic carbocycles. The maximum Gasteiger partial charge on any atom is 0.0835 e. The molecule has 0 aromatic rings. The molecule has 3 heteroatoms. The minimum Gasteiger partial charge on any atom is -0.390 e. The van der Waals surface area contributed by atoms with Crippen LogP contribution >= 0.6 is 11.6 Å². The molecule has 0 saturated heterocycles. The van der Waals surface area contributed by atoms with E-state index in [2.05, 4.69) is 26.8 Å². The number of aliphatic hydroxyl groups is 2. The van der Waals surface area contributed by atoms with E-state index in [9.17, 15) is 10.2 Å². The van der Waals surface area contributed by atoms with Gasteiger partial charge in [-0.3, -0.25) is 0 Å². The van der Waals surface area contributed by atoms with Gasteiger partial charge in [0.15, 0.2) is 0 Å². The Hall–Kier alpha value is -0.0500. The minimum atomic E-state index is -0.602. The topological polar surface area (TPSA) is 40.5 Å². The maximum atomic E-state index is 11.1. The number of hydrogen-bond acceptors (Lipinski definition) is 2. The molecule has 4 saturated carbocycles. The zero-order valence-electron chi connectivity index (χ0n) is 15.3.